The predicted molar refractivity (Wildman–Crippen MR) is 103 cm³/mol. The van der Waals surface area contributed by atoms with Crippen LogP contribution in [-0.2, 0) is 17.9 Å². The van der Waals surface area contributed by atoms with Crippen molar-refractivity contribution >= 4 is 24.0 Å². The van der Waals surface area contributed by atoms with Crippen molar-refractivity contribution in [3.05, 3.63) is 53.6 Å². The van der Waals surface area contributed by atoms with Crippen LogP contribution in [-0.4, -0.2) is 25.7 Å². The molecule has 0 radical (unpaired) electrons. The van der Waals surface area contributed by atoms with Gasteiger partial charge in [0.2, 0.25) is 5.91 Å². The highest BCUT2D eigenvalue weighted by atomic mass is 35.5. The molecule has 0 aromatic heterocycles. The van der Waals surface area contributed by atoms with Gasteiger partial charge in [-0.05, 0) is 30.2 Å². The Hall–Kier alpha value is -2.24. The number of hydrogen-bond donors (Lipinski definition) is 1. The van der Waals surface area contributed by atoms with Crippen LogP contribution in [0.3, 0.4) is 0 Å². The molecule has 1 N–H and O–H groups in total. The number of para-hydroxylation sites is 1. The maximum Gasteiger partial charge on any atom is 0.227 e. The molecule has 0 aliphatic carbocycles. The summed E-state index contributed by atoms with van der Waals surface area (Å²) in [7, 11) is 0. The van der Waals surface area contributed by atoms with E-state index in [1.165, 1.54) is 5.56 Å². The van der Waals surface area contributed by atoms with Crippen LogP contribution >= 0.6 is 12.4 Å². The largest absolute Gasteiger partial charge is 0.486 e. The summed E-state index contributed by atoms with van der Waals surface area (Å²) in [6.45, 7) is 3.52. The van der Waals surface area contributed by atoms with Gasteiger partial charge in [0.25, 0.3) is 0 Å². The molecule has 2 aliphatic rings. The maximum absolute atomic E-state index is 11.8. The molecule has 1 fully saturated rings. The molecular weight excluding hydrogens is 352 g/mol. The second-order valence-corrected chi connectivity index (χ2v) is 6.36. The number of nitrogens with one attached hydrogen (secondary N) is 1. The molecule has 0 spiro atoms. The Labute approximate surface area is 159 Å². The van der Waals surface area contributed by atoms with E-state index >= 15 is 0 Å². The van der Waals surface area contributed by atoms with Gasteiger partial charge in [-0.15, -0.1) is 12.4 Å². The number of fused-ring (bicyclic) bond motifs is 1. The standard InChI is InChI=1S/C20H22N2O3.ClH/c23-19-5-2-10-22(19)17-8-6-15(7-9-17)13-21-14-16-3-1-4-18-20(16)25-12-11-24-18;/h1,3-4,6-9,21H,2,5,10-14H2;1H. The van der Waals surface area contributed by atoms with Gasteiger partial charge in [-0.3, -0.25) is 4.79 Å². The van der Waals surface area contributed by atoms with Crippen LogP contribution in [0.2, 0.25) is 0 Å². The lowest BCUT2D eigenvalue weighted by atomic mass is 10.1. The third kappa shape index (κ3) is 3.94. The van der Waals surface area contributed by atoms with Crippen molar-refractivity contribution in [3.63, 3.8) is 0 Å². The van der Waals surface area contributed by atoms with Gasteiger partial charge in [0, 0.05) is 37.3 Å². The van der Waals surface area contributed by atoms with E-state index in [-0.39, 0.29) is 18.3 Å². The van der Waals surface area contributed by atoms with Gasteiger partial charge in [-0.2, -0.15) is 0 Å². The van der Waals surface area contributed by atoms with Crippen molar-refractivity contribution in [2.75, 3.05) is 24.7 Å². The van der Waals surface area contributed by atoms with Gasteiger partial charge in [0.1, 0.15) is 13.2 Å². The van der Waals surface area contributed by atoms with Crippen LogP contribution in [0.25, 0.3) is 0 Å². The number of amides is 1. The first-order chi connectivity index (χ1) is 12.3. The SMILES string of the molecule is Cl.O=C1CCCN1c1ccc(CNCc2cccc3c2OCCO3)cc1. The average Bonchev–Trinajstić information content (AvgIpc) is 3.08. The first-order valence-corrected chi connectivity index (χ1v) is 8.79. The molecule has 2 aliphatic heterocycles. The summed E-state index contributed by atoms with van der Waals surface area (Å²) < 4.78 is 11.4. The number of rotatable bonds is 5. The number of carbonyl (C=O) groups is 1. The summed E-state index contributed by atoms with van der Waals surface area (Å²) in [4.78, 5) is 13.7. The van der Waals surface area contributed by atoms with Gasteiger partial charge in [-0.1, -0.05) is 24.3 Å². The topological polar surface area (TPSA) is 50.8 Å². The zero-order valence-electron chi connectivity index (χ0n) is 14.6. The average molecular weight is 375 g/mol. The quantitative estimate of drug-likeness (QED) is 0.872. The number of hydrogen-bond acceptors (Lipinski definition) is 4. The normalized spacial score (nSPS) is 15.7. The zero-order chi connectivity index (χ0) is 17.1. The fourth-order valence-electron chi connectivity index (χ4n) is 3.33. The molecule has 0 bridgehead atoms. The van der Waals surface area contributed by atoms with Crippen molar-refractivity contribution in [2.24, 2.45) is 0 Å². The highest BCUT2D eigenvalue weighted by Crippen LogP contribution is 2.33. The molecular formula is C20H23ClN2O3. The molecule has 138 valence electrons. The van der Waals surface area contributed by atoms with Gasteiger partial charge < -0.3 is 19.7 Å². The fourth-order valence-corrected chi connectivity index (χ4v) is 3.33. The molecule has 1 amide bonds. The number of benzene rings is 2. The number of ether oxygens (including phenoxy) is 2. The minimum atomic E-state index is 0. The van der Waals surface area contributed by atoms with E-state index in [9.17, 15) is 4.79 Å². The zero-order valence-corrected chi connectivity index (χ0v) is 15.4. The molecule has 2 aromatic rings. The highest BCUT2D eigenvalue weighted by molar-refractivity contribution is 5.95. The number of anilines is 1. The van der Waals surface area contributed by atoms with E-state index in [1.54, 1.807) is 0 Å². The fraction of sp³-hybridized carbons (Fsp3) is 0.350. The summed E-state index contributed by atoms with van der Waals surface area (Å²) in [5.41, 5.74) is 3.29. The van der Waals surface area contributed by atoms with Crippen LogP contribution in [0.5, 0.6) is 11.5 Å². The summed E-state index contributed by atoms with van der Waals surface area (Å²) in [5, 5.41) is 3.45. The van der Waals surface area contributed by atoms with Gasteiger partial charge >= 0.3 is 0 Å². The van der Waals surface area contributed by atoms with Crippen LogP contribution < -0.4 is 19.7 Å². The highest BCUT2D eigenvalue weighted by Gasteiger charge is 2.21. The summed E-state index contributed by atoms with van der Waals surface area (Å²) in [6, 6.07) is 14.2. The second-order valence-electron chi connectivity index (χ2n) is 6.36. The smallest absolute Gasteiger partial charge is 0.227 e. The maximum atomic E-state index is 11.8. The molecule has 0 saturated carbocycles. The lowest BCUT2D eigenvalue weighted by molar-refractivity contribution is -0.117. The van der Waals surface area contributed by atoms with E-state index < -0.39 is 0 Å². The lowest BCUT2D eigenvalue weighted by Gasteiger charge is -2.21. The first-order valence-electron chi connectivity index (χ1n) is 8.79. The molecule has 0 atom stereocenters. The molecule has 1 saturated heterocycles. The third-order valence-corrected chi connectivity index (χ3v) is 4.61. The minimum absolute atomic E-state index is 0. The molecule has 6 heteroatoms. The molecule has 2 aromatic carbocycles. The molecule has 26 heavy (non-hydrogen) atoms. The first kappa shape index (κ1) is 18.5. The molecule has 5 nitrogen and oxygen atoms in total. The Morgan fingerprint density at radius 1 is 1.00 bits per heavy atom. The Balaban J connectivity index is 0.00000196. The summed E-state index contributed by atoms with van der Waals surface area (Å²) >= 11 is 0. The van der Waals surface area contributed by atoms with E-state index in [0.29, 0.717) is 19.6 Å². The summed E-state index contributed by atoms with van der Waals surface area (Å²) in [5.74, 6) is 1.90. The van der Waals surface area contributed by atoms with E-state index in [0.717, 1.165) is 48.8 Å². The Bertz CT molecular complexity index is 764. The van der Waals surface area contributed by atoms with Crippen molar-refractivity contribution in [3.8, 4) is 11.5 Å². The van der Waals surface area contributed by atoms with Crippen LogP contribution in [0.15, 0.2) is 42.5 Å². The van der Waals surface area contributed by atoms with Crippen molar-refractivity contribution in [1.82, 2.24) is 5.32 Å². The monoisotopic (exact) mass is 374 g/mol. The van der Waals surface area contributed by atoms with Crippen molar-refractivity contribution in [1.29, 1.82) is 0 Å². The van der Waals surface area contributed by atoms with E-state index in [2.05, 4.69) is 23.5 Å². The Morgan fingerprint density at radius 2 is 1.81 bits per heavy atom. The van der Waals surface area contributed by atoms with Crippen molar-refractivity contribution < 1.29 is 14.3 Å². The van der Waals surface area contributed by atoms with Gasteiger partial charge in [0.15, 0.2) is 11.5 Å². The van der Waals surface area contributed by atoms with Crippen LogP contribution in [0.4, 0.5) is 5.69 Å². The number of nitrogens with zero attached hydrogens (tertiary/aromatic N) is 1. The molecule has 4 rings (SSSR count). The number of halogens is 1. The van der Waals surface area contributed by atoms with Crippen LogP contribution in [0.1, 0.15) is 24.0 Å². The van der Waals surface area contributed by atoms with E-state index in [4.69, 9.17) is 9.47 Å². The summed E-state index contributed by atoms with van der Waals surface area (Å²) in [6.07, 6.45) is 1.62. The number of carbonyl (C=O) groups excluding carboxylic acids is 1. The van der Waals surface area contributed by atoms with Gasteiger partial charge in [-0.25, -0.2) is 0 Å². The predicted octanol–water partition coefficient (Wildman–Crippen LogP) is 3.30. The molecule has 0 unspecified atom stereocenters. The van der Waals surface area contributed by atoms with Crippen molar-refractivity contribution in [2.45, 2.75) is 25.9 Å². The van der Waals surface area contributed by atoms with Gasteiger partial charge in [0.05, 0.1) is 0 Å². The third-order valence-electron chi connectivity index (χ3n) is 4.61. The Kier molecular flexibility index (Phi) is 6.01. The molecule has 2 heterocycles. The minimum Gasteiger partial charge on any atom is -0.486 e. The Morgan fingerprint density at radius 3 is 2.58 bits per heavy atom. The lowest BCUT2D eigenvalue weighted by Crippen LogP contribution is -2.23. The van der Waals surface area contributed by atoms with Crippen LogP contribution in [0, 0.1) is 0 Å². The van der Waals surface area contributed by atoms with E-state index in [1.807, 2.05) is 29.2 Å². The second kappa shape index (κ2) is 8.43.